The second-order valence-electron chi connectivity index (χ2n) is 14.4. The molecule has 0 spiro atoms. The van der Waals surface area contributed by atoms with Crippen LogP contribution in [0.1, 0.15) is 84.8 Å². The van der Waals surface area contributed by atoms with Crippen molar-refractivity contribution in [3.63, 3.8) is 0 Å². The standard InChI is InChI=1S/C35H46F2N4O7/c1-6-23-26-19-41(27(23)20(2)42)31(43)29(33(3)13-15-46-16-14-33)40-32(44)48-34(4)18-21(34)9-7-8-12-35(36,37)28-30(47-26)39-25-17-22(45-5)10-11-24(25)38-28/h10-11,17,21,23,26-27,29H,6-9,12-16,18-19H2,1-5H3,(H,40,44)/t21-,23-,26+,27-,29-,34-/m1/s1. The van der Waals surface area contributed by atoms with Crippen LogP contribution in [0.15, 0.2) is 18.2 Å². The molecule has 1 aromatic carbocycles. The quantitative estimate of drug-likeness (QED) is 0.444. The van der Waals surface area contributed by atoms with Crippen molar-refractivity contribution < 1.29 is 42.1 Å². The number of hydrogen-bond acceptors (Lipinski definition) is 9. The van der Waals surface area contributed by atoms with Gasteiger partial charge in [0.25, 0.3) is 5.92 Å². The molecular weight excluding hydrogens is 626 g/mol. The van der Waals surface area contributed by atoms with E-state index in [1.807, 2.05) is 20.8 Å². The van der Waals surface area contributed by atoms with Crippen LogP contribution in [-0.2, 0) is 25.0 Å². The first-order chi connectivity index (χ1) is 22.8. The van der Waals surface area contributed by atoms with Crippen molar-refractivity contribution in [2.75, 3.05) is 26.9 Å². The molecule has 1 N–H and O–H groups in total. The number of benzene rings is 1. The van der Waals surface area contributed by atoms with Crippen molar-refractivity contribution in [3.8, 4) is 11.6 Å². The number of Topliss-reactive ketones (excluding diaryl/α,β-unsaturated/α-hetero) is 1. The number of aromatic nitrogens is 2. The molecule has 2 saturated heterocycles. The molecule has 1 aromatic heterocycles. The minimum Gasteiger partial charge on any atom is -0.497 e. The number of hydrogen-bond donors (Lipinski definition) is 1. The zero-order valence-corrected chi connectivity index (χ0v) is 28.4. The maximum Gasteiger partial charge on any atom is 0.408 e. The van der Waals surface area contributed by atoms with Crippen molar-refractivity contribution in [1.29, 1.82) is 0 Å². The second-order valence-corrected chi connectivity index (χ2v) is 14.4. The van der Waals surface area contributed by atoms with Gasteiger partial charge in [0.1, 0.15) is 23.5 Å². The van der Waals surface area contributed by atoms with Crippen LogP contribution in [0.25, 0.3) is 11.0 Å². The summed E-state index contributed by atoms with van der Waals surface area (Å²) in [7, 11) is 1.50. The Morgan fingerprint density at radius 2 is 1.85 bits per heavy atom. The van der Waals surface area contributed by atoms with Crippen molar-refractivity contribution in [2.45, 2.75) is 109 Å². The van der Waals surface area contributed by atoms with Crippen LogP contribution in [0.4, 0.5) is 13.6 Å². The summed E-state index contributed by atoms with van der Waals surface area (Å²) < 4.78 is 55.4. The van der Waals surface area contributed by atoms with Gasteiger partial charge >= 0.3 is 6.09 Å². The van der Waals surface area contributed by atoms with E-state index in [9.17, 15) is 14.4 Å². The van der Waals surface area contributed by atoms with Gasteiger partial charge in [-0.25, -0.2) is 14.8 Å². The van der Waals surface area contributed by atoms with Gasteiger partial charge in [-0.05, 0) is 64.5 Å². The molecule has 1 saturated carbocycles. The number of carbonyl (C=O) groups is 3. The first-order valence-electron chi connectivity index (χ1n) is 17.1. The summed E-state index contributed by atoms with van der Waals surface area (Å²) in [6, 6.07) is 2.91. The van der Waals surface area contributed by atoms with E-state index in [-0.39, 0.29) is 36.1 Å². The number of fused-ring (bicyclic) bond motifs is 5. The molecule has 4 heterocycles. The Balaban J connectivity index is 1.44. The summed E-state index contributed by atoms with van der Waals surface area (Å²) in [6.45, 7) is 7.81. The first-order valence-corrected chi connectivity index (χ1v) is 17.1. The summed E-state index contributed by atoms with van der Waals surface area (Å²) >= 11 is 0. The maximum atomic E-state index is 16.1. The average Bonchev–Trinajstić information content (AvgIpc) is 3.52. The molecule has 4 aliphatic rings. The molecule has 1 aliphatic carbocycles. The van der Waals surface area contributed by atoms with Gasteiger partial charge in [-0.2, -0.15) is 8.78 Å². The van der Waals surface area contributed by atoms with E-state index in [1.165, 1.54) is 18.9 Å². The Kier molecular flexibility index (Phi) is 9.29. The Morgan fingerprint density at radius 1 is 1.10 bits per heavy atom. The summed E-state index contributed by atoms with van der Waals surface area (Å²) in [4.78, 5) is 51.7. The zero-order valence-electron chi connectivity index (χ0n) is 28.4. The van der Waals surface area contributed by atoms with Crippen LogP contribution >= 0.6 is 0 Å². The largest absolute Gasteiger partial charge is 0.497 e. The number of carbonyl (C=O) groups excluding carboxylic acids is 3. The van der Waals surface area contributed by atoms with Crippen LogP contribution < -0.4 is 14.8 Å². The predicted molar refractivity (Wildman–Crippen MR) is 171 cm³/mol. The molecule has 6 atom stereocenters. The van der Waals surface area contributed by atoms with Crippen LogP contribution in [0.2, 0.25) is 0 Å². The monoisotopic (exact) mass is 672 g/mol. The highest BCUT2D eigenvalue weighted by atomic mass is 19.3. The number of alkyl carbamates (subject to hydrolysis) is 1. The summed E-state index contributed by atoms with van der Waals surface area (Å²) in [5.41, 5.74) is -1.41. The van der Waals surface area contributed by atoms with Gasteiger partial charge in [0.2, 0.25) is 11.8 Å². The lowest BCUT2D eigenvalue weighted by atomic mass is 9.75. The third kappa shape index (κ3) is 6.54. The van der Waals surface area contributed by atoms with Crippen LogP contribution in [0.5, 0.6) is 11.6 Å². The molecule has 0 radical (unpaired) electrons. The van der Waals surface area contributed by atoms with Gasteiger partial charge in [-0.15, -0.1) is 0 Å². The van der Waals surface area contributed by atoms with E-state index < -0.39 is 65.2 Å². The lowest BCUT2D eigenvalue weighted by Crippen LogP contribution is -2.59. The zero-order chi connectivity index (χ0) is 34.4. The Bertz CT molecular complexity index is 1570. The van der Waals surface area contributed by atoms with Crippen molar-refractivity contribution in [1.82, 2.24) is 20.2 Å². The number of nitrogens with one attached hydrogen (secondary N) is 1. The summed E-state index contributed by atoms with van der Waals surface area (Å²) in [5, 5.41) is 2.90. The van der Waals surface area contributed by atoms with Crippen LogP contribution in [-0.4, -0.2) is 83.3 Å². The molecule has 13 heteroatoms. The summed E-state index contributed by atoms with van der Waals surface area (Å²) in [5.74, 6) is -4.44. The number of ether oxygens (including phenoxy) is 4. The lowest BCUT2D eigenvalue weighted by molar-refractivity contribution is -0.143. The lowest BCUT2D eigenvalue weighted by Gasteiger charge is -2.42. The fourth-order valence-corrected chi connectivity index (χ4v) is 7.85. The SMILES string of the molecule is CC[C@@H]1[C@@H]2CN(C(=O)[C@H](C3(C)CCOCC3)NC(=O)O[C@]3(C)C[C@H]3CCCCC(F)(F)c3nc4ccc(OC)cc4nc3O2)[C@@H]1C(C)=O. The highest BCUT2D eigenvalue weighted by Gasteiger charge is 2.55. The molecule has 6 rings (SSSR count). The normalized spacial score (nSPS) is 32.1. The maximum absolute atomic E-state index is 16.1. The average molecular weight is 673 g/mol. The van der Waals surface area contributed by atoms with E-state index in [1.54, 1.807) is 18.2 Å². The summed E-state index contributed by atoms with van der Waals surface area (Å²) in [6.07, 6.45) is 1.34. The van der Waals surface area contributed by atoms with E-state index in [4.69, 9.17) is 18.9 Å². The van der Waals surface area contributed by atoms with E-state index in [2.05, 4.69) is 15.3 Å². The molecular formula is C35H46F2N4O7. The fraction of sp³-hybridized carbons (Fsp3) is 0.686. The Morgan fingerprint density at radius 3 is 2.54 bits per heavy atom. The number of halogens is 2. The highest BCUT2D eigenvalue weighted by molar-refractivity contribution is 5.93. The smallest absolute Gasteiger partial charge is 0.408 e. The van der Waals surface area contributed by atoms with Crippen molar-refractivity contribution in [3.05, 3.63) is 23.9 Å². The number of methoxy groups -OCH3 is 1. The van der Waals surface area contributed by atoms with Crippen molar-refractivity contribution >= 4 is 28.8 Å². The minimum atomic E-state index is -3.37. The predicted octanol–water partition coefficient (Wildman–Crippen LogP) is 5.57. The molecule has 262 valence electrons. The van der Waals surface area contributed by atoms with Crippen LogP contribution in [0, 0.1) is 17.3 Å². The third-order valence-electron chi connectivity index (χ3n) is 11.0. The van der Waals surface area contributed by atoms with E-state index in [0.717, 1.165) is 0 Å². The first kappa shape index (κ1) is 34.3. The number of amides is 2. The molecule has 2 amide bonds. The molecule has 48 heavy (non-hydrogen) atoms. The van der Waals surface area contributed by atoms with Gasteiger partial charge in [-0.3, -0.25) is 9.59 Å². The number of alkyl halides is 2. The topological polar surface area (TPSA) is 129 Å². The number of ketones is 1. The van der Waals surface area contributed by atoms with Gasteiger partial charge in [0.05, 0.1) is 30.7 Å². The molecule has 2 aromatic rings. The Hall–Kier alpha value is -3.61. The third-order valence-corrected chi connectivity index (χ3v) is 11.0. The Labute approximate surface area is 279 Å². The van der Waals surface area contributed by atoms with Gasteiger partial charge in [0, 0.05) is 43.0 Å². The van der Waals surface area contributed by atoms with Gasteiger partial charge < -0.3 is 29.2 Å². The molecule has 3 fully saturated rings. The van der Waals surface area contributed by atoms with Gasteiger partial charge in [0.15, 0.2) is 11.5 Å². The molecule has 0 unspecified atom stereocenters. The van der Waals surface area contributed by atoms with Crippen molar-refractivity contribution in [2.24, 2.45) is 17.3 Å². The molecule has 3 aliphatic heterocycles. The second kappa shape index (κ2) is 13.0. The molecule has 11 nitrogen and oxygen atoms in total. The van der Waals surface area contributed by atoms with E-state index in [0.29, 0.717) is 63.0 Å². The molecule has 2 bridgehead atoms. The van der Waals surface area contributed by atoms with Gasteiger partial charge in [-0.1, -0.05) is 20.3 Å². The van der Waals surface area contributed by atoms with E-state index >= 15 is 8.78 Å². The highest BCUT2D eigenvalue weighted by Crippen LogP contribution is 2.50. The fourth-order valence-electron chi connectivity index (χ4n) is 7.85. The minimum absolute atomic E-state index is 0.0182. The number of rotatable bonds is 4. The van der Waals surface area contributed by atoms with Crippen LogP contribution in [0.3, 0.4) is 0 Å². The number of nitrogens with zero attached hydrogens (tertiary/aromatic N) is 3.